The van der Waals surface area contributed by atoms with Gasteiger partial charge in [-0.3, -0.25) is 0 Å². The predicted molar refractivity (Wildman–Crippen MR) is 52.9 cm³/mol. The molecule has 2 rings (SSSR count). The summed E-state index contributed by atoms with van der Waals surface area (Å²) in [6, 6.07) is 1.55. The summed E-state index contributed by atoms with van der Waals surface area (Å²) < 4.78 is 23.6. The molecule has 0 aliphatic carbocycles. The second-order valence-electron chi connectivity index (χ2n) is 3.21. The van der Waals surface area contributed by atoms with E-state index in [-0.39, 0.29) is 18.2 Å². The van der Waals surface area contributed by atoms with E-state index in [4.69, 9.17) is 9.26 Å². The molecule has 5 nitrogen and oxygen atoms in total. The van der Waals surface area contributed by atoms with E-state index in [1.807, 2.05) is 0 Å². The van der Waals surface area contributed by atoms with Crippen LogP contribution in [0.15, 0.2) is 16.8 Å². The van der Waals surface area contributed by atoms with Crippen LogP contribution in [-0.4, -0.2) is 22.2 Å². The minimum absolute atomic E-state index is 0.0511. The molecule has 2 heterocycles. The van der Waals surface area contributed by atoms with Gasteiger partial charge < -0.3 is 9.26 Å². The quantitative estimate of drug-likeness (QED) is 0.792. The second-order valence-corrected chi connectivity index (χ2v) is 3.21. The van der Waals surface area contributed by atoms with Crippen molar-refractivity contribution in [1.82, 2.24) is 15.1 Å². The lowest BCUT2D eigenvalue weighted by Crippen LogP contribution is -1.97. The number of hydrogen-bond donors (Lipinski definition) is 0. The van der Waals surface area contributed by atoms with Crippen LogP contribution in [-0.2, 0) is 11.3 Å². The molecule has 0 fully saturated rings. The molecule has 0 bridgehead atoms. The van der Waals surface area contributed by atoms with Gasteiger partial charge in [0.05, 0.1) is 6.61 Å². The molecule has 0 atom stereocenters. The first-order valence-corrected chi connectivity index (χ1v) is 4.65. The minimum Gasteiger partial charge on any atom is -0.380 e. The SMILES string of the molecule is COCc1ccnc(-c2nc(C)no2)c1F. The monoisotopic (exact) mass is 223 g/mol. The maximum Gasteiger partial charge on any atom is 0.279 e. The van der Waals surface area contributed by atoms with Gasteiger partial charge in [-0.15, -0.1) is 0 Å². The molecule has 0 N–H and O–H groups in total. The molecule has 84 valence electrons. The summed E-state index contributed by atoms with van der Waals surface area (Å²) in [5.74, 6) is 0.0225. The Morgan fingerprint density at radius 3 is 2.94 bits per heavy atom. The number of aromatic nitrogens is 3. The molecule has 0 aliphatic heterocycles. The van der Waals surface area contributed by atoms with Crippen molar-refractivity contribution in [1.29, 1.82) is 0 Å². The van der Waals surface area contributed by atoms with Crippen LogP contribution >= 0.6 is 0 Å². The van der Waals surface area contributed by atoms with Crippen LogP contribution in [0.25, 0.3) is 11.6 Å². The van der Waals surface area contributed by atoms with Crippen molar-refractivity contribution in [3.63, 3.8) is 0 Å². The van der Waals surface area contributed by atoms with Gasteiger partial charge in [-0.05, 0) is 13.0 Å². The number of rotatable bonds is 3. The number of nitrogens with zero attached hydrogens (tertiary/aromatic N) is 3. The molecule has 16 heavy (non-hydrogen) atoms. The van der Waals surface area contributed by atoms with Gasteiger partial charge in [0.15, 0.2) is 17.3 Å². The van der Waals surface area contributed by atoms with E-state index in [1.54, 1.807) is 13.0 Å². The molecular weight excluding hydrogens is 213 g/mol. The fraction of sp³-hybridized carbons (Fsp3) is 0.300. The van der Waals surface area contributed by atoms with Crippen LogP contribution in [0.1, 0.15) is 11.4 Å². The highest BCUT2D eigenvalue weighted by atomic mass is 19.1. The van der Waals surface area contributed by atoms with Gasteiger partial charge in [-0.25, -0.2) is 9.37 Å². The van der Waals surface area contributed by atoms with Crippen LogP contribution in [0.4, 0.5) is 4.39 Å². The van der Waals surface area contributed by atoms with Gasteiger partial charge in [-0.2, -0.15) is 4.98 Å². The number of halogens is 1. The van der Waals surface area contributed by atoms with Gasteiger partial charge >= 0.3 is 0 Å². The van der Waals surface area contributed by atoms with Crippen LogP contribution in [0, 0.1) is 12.7 Å². The van der Waals surface area contributed by atoms with Gasteiger partial charge in [0.25, 0.3) is 5.89 Å². The molecular formula is C10H10FN3O2. The summed E-state index contributed by atoms with van der Waals surface area (Å²) in [4.78, 5) is 7.80. The molecule has 0 aromatic carbocycles. The third-order valence-electron chi connectivity index (χ3n) is 2.00. The molecule has 0 amide bonds. The maximum atomic E-state index is 13.9. The number of hydrogen-bond acceptors (Lipinski definition) is 5. The number of aryl methyl sites for hydroxylation is 1. The van der Waals surface area contributed by atoms with Crippen molar-refractivity contribution in [3.05, 3.63) is 29.5 Å². The zero-order valence-corrected chi connectivity index (χ0v) is 8.90. The second kappa shape index (κ2) is 4.36. The van der Waals surface area contributed by atoms with Crippen molar-refractivity contribution in [2.75, 3.05) is 7.11 Å². The third-order valence-corrected chi connectivity index (χ3v) is 2.00. The molecule has 2 aromatic rings. The van der Waals surface area contributed by atoms with Crippen molar-refractivity contribution < 1.29 is 13.7 Å². The average molecular weight is 223 g/mol. The zero-order chi connectivity index (χ0) is 11.5. The summed E-state index contributed by atoms with van der Waals surface area (Å²) in [6.45, 7) is 1.83. The largest absolute Gasteiger partial charge is 0.380 e. The molecule has 0 unspecified atom stereocenters. The summed E-state index contributed by atoms with van der Waals surface area (Å²) in [5, 5.41) is 3.59. The summed E-state index contributed by atoms with van der Waals surface area (Å²) >= 11 is 0. The van der Waals surface area contributed by atoms with E-state index in [0.717, 1.165) is 0 Å². The van der Waals surface area contributed by atoms with E-state index >= 15 is 0 Å². The zero-order valence-electron chi connectivity index (χ0n) is 8.90. The highest BCUT2D eigenvalue weighted by molar-refractivity contribution is 5.49. The van der Waals surface area contributed by atoms with Gasteiger partial charge in [0.2, 0.25) is 0 Å². The summed E-state index contributed by atoms with van der Waals surface area (Å²) in [7, 11) is 1.50. The van der Waals surface area contributed by atoms with E-state index in [9.17, 15) is 4.39 Å². The average Bonchev–Trinajstić information content (AvgIpc) is 2.68. The number of methoxy groups -OCH3 is 1. The topological polar surface area (TPSA) is 61.0 Å². The van der Waals surface area contributed by atoms with Crippen molar-refractivity contribution in [2.45, 2.75) is 13.5 Å². The van der Waals surface area contributed by atoms with Crippen LogP contribution in [0.3, 0.4) is 0 Å². The van der Waals surface area contributed by atoms with Crippen molar-refractivity contribution >= 4 is 0 Å². The van der Waals surface area contributed by atoms with Crippen molar-refractivity contribution in [2.24, 2.45) is 0 Å². The molecule has 0 spiro atoms. The minimum atomic E-state index is -0.493. The molecule has 2 aromatic heterocycles. The Balaban J connectivity index is 2.45. The molecule has 0 aliphatic rings. The van der Waals surface area contributed by atoms with Gasteiger partial charge in [-0.1, -0.05) is 5.16 Å². The Morgan fingerprint density at radius 2 is 2.31 bits per heavy atom. The fourth-order valence-corrected chi connectivity index (χ4v) is 1.29. The highest BCUT2D eigenvalue weighted by Crippen LogP contribution is 2.21. The lowest BCUT2D eigenvalue weighted by Gasteiger charge is -2.03. The Hall–Kier alpha value is -1.82. The van der Waals surface area contributed by atoms with Crippen LogP contribution in [0.2, 0.25) is 0 Å². The van der Waals surface area contributed by atoms with E-state index in [2.05, 4.69) is 15.1 Å². The first kappa shape index (κ1) is 10.7. The number of pyridine rings is 1. The van der Waals surface area contributed by atoms with Gasteiger partial charge in [0.1, 0.15) is 0 Å². The molecule has 0 saturated heterocycles. The lowest BCUT2D eigenvalue weighted by atomic mass is 10.2. The van der Waals surface area contributed by atoms with Crippen LogP contribution in [0.5, 0.6) is 0 Å². The Labute approximate surface area is 91.3 Å². The molecule has 0 saturated carbocycles. The Morgan fingerprint density at radius 1 is 1.50 bits per heavy atom. The predicted octanol–water partition coefficient (Wildman–Crippen LogP) is 1.73. The standard InChI is InChI=1S/C10H10FN3O2/c1-6-13-10(16-14-6)9-8(11)7(5-15-2)3-4-12-9/h3-4H,5H2,1-2H3. The fourth-order valence-electron chi connectivity index (χ4n) is 1.29. The maximum absolute atomic E-state index is 13.9. The third kappa shape index (κ3) is 1.92. The van der Waals surface area contributed by atoms with E-state index < -0.39 is 5.82 Å². The smallest absolute Gasteiger partial charge is 0.279 e. The molecule has 0 radical (unpaired) electrons. The van der Waals surface area contributed by atoms with Gasteiger partial charge in [0, 0.05) is 18.9 Å². The summed E-state index contributed by atoms with van der Waals surface area (Å²) in [6.07, 6.45) is 1.48. The normalized spacial score (nSPS) is 10.7. The number of ether oxygens (including phenoxy) is 1. The summed E-state index contributed by atoms with van der Waals surface area (Å²) in [5.41, 5.74) is 0.457. The van der Waals surface area contributed by atoms with E-state index in [0.29, 0.717) is 11.4 Å². The van der Waals surface area contributed by atoms with Crippen molar-refractivity contribution in [3.8, 4) is 11.6 Å². The lowest BCUT2D eigenvalue weighted by molar-refractivity contribution is 0.181. The first-order chi connectivity index (χ1) is 7.72. The Kier molecular flexibility index (Phi) is 2.91. The Bertz CT molecular complexity index is 499. The highest BCUT2D eigenvalue weighted by Gasteiger charge is 2.16. The van der Waals surface area contributed by atoms with Crippen LogP contribution < -0.4 is 0 Å². The first-order valence-electron chi connectivity index (χ1n) is 4.65. The van der Waals surface area contributed by atoms with E-state index in [1.165, 1.54) is 13.3 Å². The molecule has 6 heteroatoms.